The quantitative estimate of drug-likeness (QED) is 0.688. The van der Waals surface area contributed by atoms with Gasteiger partial charge in [0.15, 0.2) is 5.78 Å². The molecular formula is C12H19NO. The number of carbonyl (C=O) groups is 1. The largest absolute Gasteiger partial charge is 0.298 e. The van der Waals surface area contributed by atoms with Crippen molar-refractivity contribution in [3.8, 4) is 6.07 Å². The standard InChI is InChI=1S/C12H19NO/c1-8(2)5-9(7-13)11(14)10-6-12(10,3)4/h8-10H,5-6H2,1-4H3. The molecule has 0 aromatic heterocycles. The van der Waals surface area contributed by atoms with Crippen LogP contribution in [-0.2, 0) is 4.79 Å². The maximum Gasteiger partial charge on any atom is 0.153 e. The predicted molar refractivity (Wildman–Crippen MR) is 55.5 cm³/mol. The van der Waals surface area contributed by atoms with Crippen molar-refractivity contribution in [1.82, 2.24) is 0 Å². The highest BCUT2D eigenvalue weighted by Gasteiger charge is 2.51. The van der Waals surface area contributed by atoms with Crippen LogP contribution in [0, 0.1) is 34.5 Å². The molecule has 2 unspecified atom stereocenters. The number of ketones is 1. The monoisotopic (exact) mass is 193 g/mol. The van der Waals surface area contributed by atoms with E-state index >= 15 is 0 Å². The Balaban J connectivity index is 2.55. The summed E-state index contributed by atoms with van der Waals surface area (Å²) in [6.07, 6.45) is 1.67. The van der Waals surface area contributed by atoms with Crippen LogP contribution in [0.1, 0.15) is 40.5 Å². The smallest absolute Gasteiger partial charge is 0.153 e. The lowest BCUT2D eigenvalue weighted by molar-refractivity contribution is -0.123. The maximum absolute atomic E-state index is 11.9. The van der Waals surface area contributed by atoms with E-state index in [1.807, 2.05) is 0 Å². The Hall–Kier alpha value is -0.840. The zero-order valence-electron chi connectivity index (χ0n) is 9.50. The van der Waals surface area contributed by atoms with E-state index in [9.17, 15) is 4.79 Å². The summed E-state index contributed by atoms with van der Waals surface area (Å²) < 4.78 is 0. The van der Waals surface area contributed by atoms with Gasteiger partial charge in [-0.05, 0) is 24.2 Å². The average Bonchev–Trinajstić information content (AvgIpc) is 2.69. The molecule has 0 amide bonds. The molecule has 0 N–H and O–H groups in total. The molecule has 2 nitrogen and oxygen atoms in total. The minimum absolute atomic E-state index is 0.144. The lowest BCUT2D eigenvalue weighted by atomic mass is 9.90. The normalized spacial score (nSPS) is 25.6. The summed E-state index contributed by atoms with van der Waals surface area (Å²) in [5.41, 5.74) is 0.156. The summed E-state index contributed by atoms with van der Waals surface area (Å²) in [6, 6.07) is 2.14. The molecule has 1 aliphatic carbocycles. The number of rotatable bonds is 4. The second-order valence-electron chi connectivity index (χ2n) is 5.46. The number of nitriles is 1. The molecular weight excluding hydrogens is 174 g/mol. The van der Waals surface area contributed by atoms with Crippen LogP contribution in [0.25, 0.3) is 0 Å². The molecule has 2 atom stereocenters. The minimum atomic E-state index is -0.373. The highest BCUT2D eigenvalue weighted by molar-refractivity contribution is 5.88. The van der Waals surface area contributed by atoms with Gasteiger partial charge in [-0.15, -0.1) is 0 Å². The van der Waals surface area contributed by atoms with Crippen LogP contribution in [0.2, 0.25) is 0 Å². The van der Waals surface area contributed by atoms with Crippen molar-refractivity contribution in [1.29, 1.82) is 5.26 Å². The highest BCUT2D eigenvalue weighted by Crippen LogP contribution is 2.53. The van der Waals surface area contributed by atoms with E-state index in [-0.39, 0.29) is 23.0 Å². The second kappa shape index (κ2) is 3.73. The van der Waals surface area contributed by atoms with Crippen LogP contribution in [0.4, 0.5) is 0 Å². The number of nitrogens with zero attached hydrogens (tertiary/aromatic N) is 1. The van der Waals surface area contributed by atoms with Gasteiger partial charge in [-0.3, -0.25) is 4.79 Å². The molecule has 1 fully saturated rings. The van der Waals surface area contributed by atoms with Gasteiger partial charge in [0.1, 0.15) is 5.92 Å². The first kappa shape index (κ1) is 11.2. The first-order valence-corrected chi connectivity index (χ1v) is 5.32. The zero-order chi connectivity index (χ0) is 10.9. The summed E-state index contributed by atoms with van der Waals surface area (Å²) >= 11 is 0. The number of carbonyl (C=O) groups excluding carboxylic acids is 1. The SMILES string of the molecule is CC(C)CC(C#N)C(=O)C1CC1(C)C. The second-order valence-corrected chi connectivity index (χ2v) is 5.46. The van der Waals surface area contributed by atoms with E-state index in [1.54, 1.807) is 0 Å². The average molecular weight is 193 g/mol. The van der Waals surface area contributed by atoms with Crippen LogP contribution in [0.5, 0.6) is 0 Å². The molecule has 0 heterocycles. The van der Waals surface area contributed by atoms with Crippen LogP contribution >= 0.6 is 0 Å². The van der Waals surface area contributed by atoms with Crippen molar-refractivity contribution in [2.75, 3.05) is 0 Å². The topological polar surface area (TPSA) is 40.9 Å². The Morgan fingerprint density at radius 1 is 1.57 bits per heavy atom. The van der Waals surface area contributed by atoms with Gasteiger partial charge in [-0.1, -0.05) is 27.7 Å². The summed E-state index contributed by atoms with van der Waals surface area (Å²) in [7, 11) is 0. The van der Waals surface area contributed by atoms with Crippen LogP contribution in [0.15, 0.2) is 0 Å². The molecule has 0 spiro atoms. The Kier molecular flexibility index (Phi) is 2.99. The summed E-state index contributed by atoms with van der Waals surface area (Å²) in [5.74, 6) is 0.365. The van der Waals surface area contributed by atoms with Crippen molar-refractivity contribution in [2.24, 2.45) is 23.2 Å². The molecule has 1 rings (SSSR count). The fourth-order valence-corrected chi connectivity index (χ4v) is 1.90. The minimum Gasteiger partial charge on any atom is -0.298 e. The summed E-state index contributed by atoms with van der Waals surface area (Å²) in [5, 5.41) is 8.92. The zero-order valence-corrected chi connectivity index (χ0v) is 9.50. The molecule has 0 aromatic carbocycles. The van der Waals surface area contributed by atoms with Gasteiger partial charge in [0.05, 0.1) is 6.07 Å². The van der Waals surface area contributed by atoms with Gasteiger partial charge in [-0.25, -0.2) is 0 Å². The van der Waals surface area contributed by atoms with Crippen molar-refractivity contribution >= 4 is 5.78 Å². The van der Waals surface area contributed by atoms with Gasteiger partial charge in [0.2, 0.25) is 0 Å². The fraction of sp³-hybridized carbons (Fsp3) is 0.833. The van der Waals surface area contributed by atoms with Crippen molar-refractivity contribution in [3.63, 3.8) is 0 Å². The molecule has 1 saturated carbocycles. The van der Waals surface area contributed by atoms with Crippen LogP contribution < -0.4 is 0 Å². The van der Waals surface area contributed by atoms with Crippen LogP contribution in [0.3, 0.4) is 0 Å². The molecule has 78 valence electrons. The molecule has 0 aromatic rings. The van der Waals surface area contributed by atoms with Gasteiger partial charge in [0.25, 0.3) is 0 Å². The van der Waals surface area contributed by atoms with E-state index in [0.717, 1.165) is 6.42 Å². The Labute approximate surface area is 86.3 Å². The van der Waals surface area contributed by atoms with Gasteiger partial charge < -0.3 is 0 Å². The summed E-state index contributed by atoms with van der Waals surface area (Å²) in [6.45, 7) is 8.30. The third kappa shape index (κ3) is 2.35. The van der Waals surface area contributed by atoms with E-state index < -0.39 is 0 Å². The van der Waals surface area contributed by atoms with E-state index in [0.29, 0.717) is 12.3 Å². The molecule has 0 saturated heterocycles. The molecule has 14 heavy (non-hydrogen) atoms. The highest BCUT2D eigenvalue weighted by atomic mass is 16.1. The lowest BCUT2D eigenvalue weighted by Crippen LogP contribution is -2.18. The van der Waals surface area contributed by atoms with Crippen molar-refractivity contribution < 1.29 is 4.79 Å². The molecule has 0 aliphatic heterocycles. The Bertz CT molecular complexity index is 273. The fourth-order valence-electron chi connectivity index (χ4n) is 1.90. The third-order valence-corrected chi connectivity index (χ3v) is 3.06. The van der Waals surface area contributed by atoms with Gasteiger partial charge in [0, 0.05) is 5.92 Å². The molecule has 0 bridgehead atoms. The van der Waals surface area contributed by atoms with E-state index in [1.165, 1.54) is 0 Å². The van der Waals surface area contributed by atoms with Gasteiger partial charge in [-0.2, -0.15) is 5.26 Å². The predicted octanol–water partition coefficient (Wildman–Crippen LogP) is 2.79. The van der Waals surface area contributed by atoms with Gasteiger partial charge >= 0.3 is 0 Å². The van der Waals surface area contributed by atoms with Crippen LogP contribution in [-0.4, -0.2) is 5.78 Å². The lowest BCUT2D eigenvalue weighted by Gasteiger charge is -2.11. The Morgan fingerprint density at radius 3 is 2.36 bits per heavy atom. The third-order valence-electron chi connectivity index (χ3n) is 3.06. The maximum atomic E-state index is 11.9. The number of Topliss-reactive ketones (excluding diaryl/α,β-unsaturated/α-hetero) is 1. The Morgan fingerprint density at radius 2 is 2.07 bits per heavy atom. The first-order chi connectivity index (χ1) is 6.38. The van der Waals surface area contributed by atoms with Crippen molar-refractivity contribution in [2.45, 2.75) is 40.5 Å². The van der Waals surface area contributed by atoms with E-state index in [4.69, 9.17) is 5.26 Å². The number of hydrogen-bond acceptors (Lipinski definition) is 2. The first-order valence-electron chi connectivity index (χ1n) is 5.32. The summed E-state index contributed by atoms with van der Waals surface area (Å²) in [4.78, 5) is 11.9. The van der Waals surface area contributed by atoms with E-state index in [2.05, 4.69) is 33.8 Å². The number of hydrogen-bond donors (Lipinski definition) is 0. The molecule has 2 heteroatoms. The van der Waals surface area contributed by atoms with Crippen molar-refractivity contribution in [3.05, 3.63) is 0 Å². The molecule has 0 radical (unpaired) electrons. The molecule has 1 aliphatic rings.